The van der Waals surface area contributed by atoms with Gasteiger partial charge in [-0.2, -0.15) is 26.4 Å². The van der Waals surface area contributed by atoms with Gasteiger partial charge in [-0.1, -0.05) is 6.92 Å². The Balaban J connectivity index is -0.0000000600. The largest absolute Gasteiger partial charge is 0.813 e. The van der Waals surface area contributed by atoms with Crippen LogP contribution in [0.2, 0.25) is 0 Å². The molecular weight excluding hydrogens is 342 g/mol. The Morgan fingerprint density at radius 1 is 1.30 bits per heavy atom. The van der Waals surface area contributed by atoms with Crippen molar-refractivity contribution in [2.24, 2.45) is 0 Å². The maximum Gasteiger partial charge on any atom is 0 e. The first kappa shape index (κ1) is 22.5. The molecule has 0 aliphatic carbocycles. The average Bonchev–Trinajstić information content (AvgIpc) is 1.69. The van der Waals surface area contributed by atoms with Crippen LogP contribution in [0.5, 0.6) is 0 Å². The van der Waals surface area contributed by atoms with Crippen LogP contribution in [-0.2, 0) is 47.1 Å². The van der Waals surface area contributed by atoms with E-state index >= 15 is 0 Å². The molecule has 0 bridgehead atoms. The molecule has 0 aromatic rings. The smallest absolute Gasteiger partial charge is 0 e. The summed E-state index contributed by atoms with van der Waals surface area (Å²) in [5.74, 6) is 0. The number of hydrogen-bond donors (Lipinski definition) is 0. The normalized spacial score (nSPS) is 6.60. The minimum atomic E-state index is 0. The van der Waals surface area contributed by atoms with Gasteiger partial charge in [0, 0.05) is 20.1 Å². The summed E-state index contributed by atoms with van der Waals surface area (Å²) in [5.41, 5.74) is 0. The molecular formula is C6H15IrNS2-4. The quantitative estimate of drug-likeness (QED) is 0.327. The number of rotatable bonds is 4. The maximum atomic E-state index is 4.13. The molecule has 0 unspecified atom stereocenters. The molecule has 0 aliphatic rings. The molecule has 0 aliphatic heterocycles. The minimum absolute atomic E-state index is 0. The van der Waals surface area contributed by atoms with Crippen LogP contribution >= 0.6 is 0 Å². The third kappa shape index (κ3) is 22.8. The van der Waals surface area contributed by atoms with Crippen LogP contribution in [0.4, 0.5) is 0 Å². The SMILES string of the molecule is C[CH-]CC[N-]CC.[Ir].[SH-].[SH-]. The van der Waals surface area contributed by atoms with E-state index < -0.39 is 0 Å². The van der Waals surface area contributed by atoms with Crippen LogP contribution < -0.4 is 0 Å². The molecule has 0 fully saturated rings. The molecule has 0 heterocycles. The van der Waals surface area contributed by atoms with Crippen molar-refractivity contribution in [2.75, 3.05) is 13.1 Å². The standard InChI is InChI=1S/C6H13N.Ir.2H2S/c1-3-5-6-7-4-2;;;/h3H,4-6H2,1-2H3;;2*1H2/q-2;;;/p-2. The summed E-state index contributed by atoms with van der Waals surface area (Å²) in [6, 6.07) is 0. The first-order valence-electron chi connectivity index (χ1n) is 2.83. The van der Waals surface area contributed by atoms with E-state index in [1.54, 1.807) is 0 Å². The van der Waals surface area contributed by atoms with E-state index in [2.05, 4.69) is 25.6 Å². The van der Waals surface area contributed by atoms with Crippen LogP contribution in [0.15, 0.2) is 0 Å². The van der Waals surface area contributed by atoms with Crippen LogP contribution in [-0.4, -0.2) is 13.1 Å². The van der Waals surface area contributed by atoms with Gasteiger partial charge in [-0.15, -0.1) is 0 Å². The topological polar surface area (TPSA) is 14.1 Å². The molecule has 0 saturated heterocycles. The van der Waals surface area contributed by atoms with Crippen molar-refractivity contribution in [3.05, 3.63) is 11.7 Å². The summed E-state index contributed by atoms with van der Waals surface area (Å²) in [5, 5.41) is 4.13. The number of hydrogen-bond acceptors (Lipinski definition) is 2. The molecule has 4 heteroatoms. The maximum absolute atomic E-state index is 4.13. The summed E-state index contributed by atoms with van der Waals surface area (Å²) in [7, 11) is 0. The second-order valence-electron chi connectivity index (χ2n) is 1.46. The van der Waals surface area contributed by atoms with E-state index in [4.69, 9.17) is 0 Å². The Morgan fingerprint density at radius 3 is 2.10 bits per heavy atom. The summed E-state index contributed by atoms with van der Waals surface area (Å²) < 4.78 is 0. The van der Waals surface area contributed by atoms with Gasteiger partial charge in [0.1, 0.15) is 0 Å². The third-order valence-electron chi connectivity index (χ3n) is 0.799. The summed E-state index contributed by atoms with van der Waals surface area (Å²) in [6.45, 7) is 6.10. The van der Waals surface area contributed by atoms with Gasteiger partial charge in [0.15, 0.2) is 0 Å². The van der Waals surface area contributed by atoms with Crippen LogP contribution in [0.25, 0.3) is 5.32 Å². The van der Waals surface area contributed by atoms with Crippen molar-refractivity contribution in [1.82, 2.24) is 0 Å². The molecule has 10 heavy (non-hydrogen) atoms. The van der Waals surface area contributed by atoms with Gasteiger partial charge in [0.05, 0.1) is 0 Å². The van der Waals surface area contributed by atoms with Crippen molar-refractivity contribution in [3.63, 3.8) is 0 Å². The Morgan fingerprint density at radius 2 is 1.80 bits per heavy atom. The predicted octanol–water partition coefficient (Wildman–Crippen LogP) is 1.45. The number of thiol groups is 2. The Hall–Kier alpha value is 1.31. The molecule has 69 valence electrons. The van der Waals surface area contributed by atoms with E-state index in [0.29, 0.717) is 0 Å². The second-order valence-corrected chi connectivity index (χ2v) is 1.46. The molecule has 0 amide bonds. The van der Waals surface area contributed by atoms with Crippen LogP contribution in [0.3, 0.4) is 0 Å². The fourth-order valence-electron chi connectivity index (χ4n) is 0.379. The minimum Gasteiger partial charge on any atom is -0.813 e. The van der Waals surface area contributed by atoms with Crippen molar-refractivity contribution >= 4 is 27.0 Å². The average molecular weight is 358 g/mol. The van der Waals surface area contributed by atoms with Crippen LogP contribution in [0, 0.1) is 6.42 Å². The third-order valence-corrected chi connectivity index (χ3v) is 0.799. The molecule has 0 spiro atoms. The van der Waals surface area contributed by atoms with Gasteiger partial charge in [-0.3, -0.25) is 0 Å². The molecule has 0 rings (SSSR count). The van der Waals surface area contributed by atoms with E-state index in [-0.39, 0.29) is 47.1 Å². The fraction of sp³-hybridized carbons (Fsp3) is 0.833. The first-order chi connectivity index (χ1) is 3.41. The fourth-order valence-corrected chi connectivity index (χ4v) is 0.379. The Kier molecular flexibility index (Phi) is 50.5. The number of unbranched alkanes of at least 4 members (excludes halogenated alkanes) is 1. The van der Waals surface area contributed by atoms with Crippen molar-refractivity contribution in [2.45, 2.75) is 20.3 Å². The first-order valence-corrected chi connectivity index (χ1v) is 2.83. The van der Waals surface area contributed by atoms with Crippen LogP contribution in [0.1, 0.15) is 20.3 Å². The molecule has 1 radical (unpaired) electrons. The van der Waals surface area contributed by atoms with Gasteiger partial charge in [-0.25, -0.2) is 0 Å². The molecule has 0 saturated carbocycles. The van der Waals surface area contributed by atoms with E-state index in [0.717, 1.165) is 19.5 Å². The van der Waals surface area contributed by atoms with Gasteiger partial charge in [-0.05, 0) is 0 Å². The van der Waals surface area contributed by atoms with Crippen molar-refractivity contribution in [3.8, 4) is 0 Å². The molecule has 0 aromatic heterocycles. The van der Waals surface area contributed by atoms with Gasteiger partial charge in [0.2, 0.25) is 0 Å². The summed E-state index contributed by atoms with van der Waals surface area (Å²) in [4.78, 5) is 0. The molecule has 0 N–H and O–H groups in total. The molecule has 0 atom stereocenters. The Labute approximate surface area is 92.0 Å². The van der Waals surface area contributed by atoms with Gasteiger partial charge < -0.3 is 38.7 Å². The zero-order valence-electron chi connectivity index (χ0n) is 6.37. The summed E-state index contributed by atoms with van der Waals surface area (Å²) >= 11 is 0. The number of nitrogens with zero attached hydrogens (tertiary/aromatic N) is 1. The van der Waals surface area contributed by atoms with Gasteiger partial charge in [0.25, 0.3) is 0 Å². The molecule has 0 aromatic carbocycles. The monoisotopic (exact) mass is 358 g/mol. The van der Waals surface area contributed by atoms with E-state index in [1.807, 2.05) is 0 Å². The molecule has 1 nitrogen and oxygen atoms in total. The zero-order chi connectivity index (χ0) is 5.54. The van der Waals surface area contributed by atoms with Crippen molar-refractivity contribution in [1.29, 1.82) is 0 Å². The zero-order valence-corrected chi connectivity index (χ0v) is 10.6. The van der Waals surface area contributed by atoms with Crippen molar-refractivity contribution < 1.29 is 20.1 Å². The summed E-state index contributed by atoms with van der Waals surface area (Å²) in [6.07, 6.45) is 3.27. The second kappa shape index (κ2) is 22.4. The van der Waals surface area contributed by atoms with E-state index in [9.17, 15) is 0 Å². The van der Waals surface area contributed by atoms with E-state index in [1.165, 1.54) is 0 Å². The van der Waals surface area contributed by atoms with Gasteiger partial charge >= 0.3 is 0 Å². The predicted molar refractivity (Wildman–Crippen MR) is 50.9 cm³/mol. The Bertz CT molecular complexity index is 34.9.